The highest BCUT2D eigenvalue weighted by Crippen LogP contribution is 2.26. The zero-order chi connectivity index (χ0) is 8.97. The van der Waals surface area contributed by atoms with E-state index in [-0.39, 0.29) is 0 Å². The summed E-state index contributed by atoms with van der Waals surface area (Å²) in [6.45, 7) is 7.91. The van der Waals surface area contributed by atoms with Crippen LogP contribution in [-0.2, 0) is 4.74 Å². The molecule has 1 rings (SSSR count). The van der Waals surface area contributed by atoms with E-state index in [1.54, 1.807) is 0 Å². The van der Waals surface area contributed by atoms with Crippen LogP contribution in [0, 0.1) is 11.8 Å². The van der Waals surface area contributed by atoms with Crippen molar-refractivity contribution >= 4 is 0 Å². The van der Waals surface area contributed by atoms with E-state index >= 15 is 0 Å². The van der Waals surface area contributed by atoms with Crippen molar-refractivity contribution in [1.82, 2.24) is 0 Å². The topological polar surface area (TPSA) is 9.23 Å². The molecule has 0 aliphatic carbocycles. The summed E-state index contributed by atoms with van der Waals surface area (Å²) in [7, 11) is 0. The van der Waals surface area contributed by atoms with E-state index in [1.807, 2.05) is 0 Å². The zero-order valence-corrected chi connectivity index (χ0v) is 8.68. The molecule has 1 heteroatoms. The maximum atomic E-state index is 5.76. The van der Waals surface area contributed by atoms with Crippen LogP contribution >= 0.6 is 0 Å². The lowest BCUT2D eigenvalue weighted by atomic mass is 9.88. The Kier molecular flexibility index (Phi) is 4.07. The summed E-state index contributed by atoms with van der Waals surface area (Å²) in [5.41, 5.74) is 0. The molecule has 0 amide bonds. The average molecular weight is 170 g/mol. The smallest absolute Gasteiger partial charge is 0.0603 e. The maximum Gasteiger partial charge on any atom is 0.0603 e. The average Bonchev–Trinajstić information content (AvgIpc) is 2.05. The third kappa shape index (κ3) is 2.78. The molecule has 1 aliphatic heterocycles. The number of rotatable bonds is 3. The van der Waals surface area contributed by atoms with E-state index < -0.39 is 0 Å². The highest BCUT2D eigenvalue weighted by Gasteiger charge is 2.23. The zero-order valence-electron chi connectivity index (χ0n) is 8.68. The summed E-state index contributed by atoms with van der Waals surface area (Å²) in [6, 6.07) is 0. The summed E-state index contributed by atoms with van der Waals surface area (Å²) in [5, 5.41) is 0. The van der Waals surface area contributed by atoms with Crippen LogP contribution < -0.4 is 0 Å². The largest absolute Gasteiger partial charge is 0.378 e. The van der Waals surface area contributed by atoms with Crippen molar-refractivity contribution in [3.63, 3.8) is 0 Å². The Morgan fingerprint density at radius 3 is 2.83 bits per heavy atom. The lowest BCUT2D eigenvalue weighted by molar-refractivity contribution is -0.0365. The van der Waals surface area contributed by atoms with Gasteiger partial charge in [0.05, 0.1) is 6.10 Å². The van der Waals surface area contributed by atoms with E-state index in [0.29, 0.717) is 6.10 Å². The SMILES string of the molecule is CCCC(C)C1CC(C)CCO1. The minimum Gasteiger partial charge on any atom is -0.378 e. The van der Waals surface area contributed by atoms with Gasteiger partial charge in [-0.2, -0.15) is 0 Å². The molecule has 1 heterocycles. The van der Waals surface area contributed by atoms with E-state index in [4.69, 9.17) is 4.74 Å². The predicted molar refractivity (Wildman–Crippen MR) is 52.2 cm³/mol. The fourth-order valence-corrected chi connectivity index (χ4v) is 2.04. The van der Waals surface area contributed by atoms with Gasteiger partial charge in [0, 0.05) is 6.61 Å². The molecule has 0 aromatic heterocycles. The first-order valence-corrected chi connectivity index (χ1v) is 5.35. The Morgan fingerprint density at radius 1 is 1.50 bits per heavy atom. The molecule has 0 spiro atoms. The summed E-state index contributed by atoms with van der Waals surface area (Å²) in [6.07, 6.45) is 5.69. The van der Waals surface area contributed by atoms with E-state index in [1.165, 1.54) is 25.7 Å². The van der Waals surface area contributed by atoms with Gasteiger partial charge in [-0.1, -0.05) is 27.2 Å². The van der Waals surface area contributed by atoms with Gasteiger partial charge in [-0.05, 0) is 31.1 Å². The van der Waals surface area contributed by atoms with E-state index in [0.717, 1.165) is 18.4 Å². The van der Waals surface area contributed by atoms with Crippen LogP contribution in [0.3, 0.4) is 0 Å². The van der Waals surface area contributed by atoms with E-state index in [9.17, 15) is 0 Å². The molecule has 1 saturated heterocycles. The molecule has 3 unspecified atom stereocenters. The van der Waals surface area contributed by atoms with Crippen LogP contribution in [0.25, 0.3) is 0 Å². The molecular formula is C11H22O. The second kappa shape index (κ2) is 4.86. The Labute approximate surface area is 76.5 Å². The van der Waals surface area contributed by atoms with Gasteiger partial charge in [0.15, 0.2) is 0 Å². The van der Waals surface area contributed by atoms with Crippen LogP contribution in [-0.4, -0.2) is 12.7 Å². The van der Waals surface area contributed by atoms with Crippen molar-refractivity contribution in [2.24, 2.45) is 11.8 Å². The first-order chi connectivity index (χ1) is 5.74. The molecule has 0 N–H and O–H groups in total. The minimum atomic E-state index is 0.550. The maximum absolute atomic E-state index is 5.76. The predicted octanol–water partition coefficient (Wildman–Crippen LogP) is 3.24. The van der Waals surface area contributed by atoms with Gasteiger partial charge in [-0.15, -0.1) is 0 Å². The summed E-state index contributed by atoms with van der Waals surface area (Å²) in [4.78, 5) is 0. The fourth-order valence-electron chi connectivity index (χ4n) is 2.04. The van der Waals surface area contributed by atoms with Gasteiger partial charge in [0.2, 0.25) is 0 Å². The Bertz CT molecular complexity index is 122. The van der Waals surface area contributed by atoms with E-state index in [2.05, 4.69) is 20.8 Å². The van der Waals surface area contributed by atoms with Gasteiger partial charge in [0.1, 0.15) is 0 Å². The summed E-state index contributed by atoms with van der Waals surface area (Å²) >= 11 is 0. The molecule has 0 bridgehead atoms. The molecule has 12 heavy (non-hydrogen) atoms. The first-order valence-electron chi connectivity index (χ1n) is 5.35. The molecule has 0 aromatic rings. The van der Waals surface area contributed by atoms with Crippen molar-refractivity contribution in [3.05, 3.63) is 0 Å². The lowest BCUT2D eigenvalue weighted by Crippen LogP contribution is -2.29. The number of hydrogen-bond donors (Lipinski definition) is 0. The minimum absolute atomic E-state index is 0.550. The molecule has 0 saturated carbocycles. The summed E-state index contributed by atoms with van der Waals surface area (Å²) < 4.78 is 5.76. The summed E-state index contributed by atoms with van der Waals surface area (Å²) in [5.74, 6) is 1.64. The van der Waals surface area contributed by atoms with Crippen molar-refractivity contribution in [2.75, 3.05) is 6.61 Å². The van der Waals surface area contributed by atoms with Gasteiger partial charge < -0.3 is 4.74 Å². The monoisotopic (exact) mass is 170 g/mol. The van der Waals surface area contributed by atoms with Crippen LogP contribution in [0.1, 0.15) is 46.5 Å². The molecule has 3 atom stereocenters. The highest BCUT2D eigenvalue weighted by atomic mass is 16.5. The Morgan fingerprint density at radius 2 is 2.25 bits per heavy atom. The number of ether oxygens (including phenoxy) is 1. The Balaban J connectivity index is 2.29. The molecule has 1 aliphatic rings. The molecular weight excluding hydrogens is 148 g/mol. The molecule has 0 aromatic carbocycles. The standard InChI is InChI=1S/C11H22O/c1-4-5-10(3)11-8-9(2)6-7-12-11/h9-11H,4-8H2,1-3H3. The second-order valence-electron chi connectivity index (χ2n) is 4.30. The van der Waals surface area contributed by atoms with Crippen molar-refractivity contribution in [3.8, 4) is 0 Å². The first kappa shape index (κ1) is 10.0. The van der Waals surface area contributed by atoms with Gasteiger partial charge in [0.25, 0.3) is 0 Å². The van der Waals surface area contributed by atoms with Gasteiger partial charge >= 0.3 is 0 Å². The third-order valence-electron chi connectivity index (χ3n) is 2.96. The fraction of sp³-hybridized carbons (Fsp3) is 1.00. The van der Waals surface area contributed by atoms with Gasteiger partial charge in [-0.3, -0.25) is 0 Å². The molecule has 72 valence electrons. The molecule has 0 radical (unpaired) electrons. The van der Waals surface area contributed by atoms with Crippen LogP contribution in [0.15, 0.2) is 0 Å². The van der Waals surface area contributed by atoms with Crippen LogP contribution in [0.4, 0.5) is 0 Å². The molecule has 1 nitrogen and oxygen atoms in total. The van der Waals surface area contributed by atoms with Gasteiger partial charge in [-0.25, -0.2) is 0 Å². The normalized spacial score (nSPS) is 33.2. The van der Waals surface area contributed by atoms with Crippen molar-refractivity contribution in [2.45, 2.75) is 52.6 Å². The number of hydrogen-bond acceptors (Lipinski definition) is 1. The highest BCUT2D eigenvalue weighted by molar-refractivity contribution is 4.73. The van der Waals surface area contributed by atoms with Crippen LogP contribution in [0.2, 0.25) is 0 Å². The Hall–Kier alpha value is -0.0400. The molecule has 1 fully saturated rings. The van der Waals surface area contributed by atoms with Crippen molar-refractivity contribution in [1.29, 1.82) is 0 Å². The second-order valence-corrected chi connectivity index (χ2v) is 4.30. The lowest BCUT2D eigenvalue weighted by Gasteiger charge is -2.31. The van der Waals surface area contributed by atoms with Crippen molar-refractivity contribution < 1.29 is 4.74 Å². The third-order valence-corrected chi connectivity index (χ3v) is 2.96. The van der Waals surface area contributed by atoms with Crippen LogP contribution in [0.5, 0.6) is 0 Å². The quantitative estimate of drug-likeness (QED) is 0.632.